The number of nitrogens with two attached hydrogens (primary N) is 1. The number of esters is 1. The Kier molecular flexibility index (Phi) is 7.12. The van der Waals surface area contributed by atoms with Crippen LogP contribution in [0, 0.1) is 5.92 Å². The Balaban J connectivity index is 1.48. The van der Waals surface area contributed by atoms with E-state index >= 15 is 0 Å². The summed E-state index contributed by atoms with van der Waals surface area (Å²) in [6, 6.07) is 9.46. The predicted octanol–water partition coefficient (Wildman–Crippen LogP) is 4.05. The highest BCUT2D eigenvalue weighted by atomic mass is 16.6. The molecule has 1 aromatic carbocycles. The molecule has 0 bridgehead atoms. The van der Waals surface area contributed by atoms with Gasteiger partial charge in [0.15, 0.2) is 11.5 Å². The highest BCUT2D eigenvalue weighted by Gasteiger charge is 2.20. The monoisotopic (exact) mass is 383 g/mol. The first-order chi connectivity index (χ1) is 13.7. The minimum Gasteiger partial charge on any atom is -0.490 e. The number of nitrogens with zero attached hydrogens (tertiary/aromatic N) is 2. The van der Waals surface area contributed by atoms with E-state index in [4.69, 9.17) is 15.2 Å². The maximum Gasteiger partial charge on any atom is 0.311 e. The summed E-state index contributed by atoms with van der Waals surface area (Å²) in [6.07, 6.45) is 8.03. The van der Waals surface area contributed by atoms with E-state index in [2.05, 4.69) is 22.0 Å². The minimum atomic E-state index is -0.284. The van der Waals surface area contributed by atoms with Gasteiger partial charge < -0.3 is 20.1 Å². The molecule has 0 spiro atoms. The van der Waals surface area contributed by atoms with Gasteiger partial charge in [-0.05, 0) is 55.9 Å². The fraction of sp³-hybridized carbons (Fsp3) is 0.455. The first-order valence-corrected chi connectivity index (χ1v) is 10.0. The fourth-order valence-electron chi connectivity index (χ4n) is 3.49. The molecule has 1 aromatic heterocycles. The van der Waals surface area contributed by atoms with Gasteiger partial charge in [-0.2, -0.15) is 0 Å². The molecule has 0 atom stereocenters. The fourth-order valence-corrected chi connectivity index (χ4v) is 3.49. The smallest absolute Gasteiger partial charge is 0.311 e. The normalized spacial score (nSPS) is 14.7. The zero-order valence-corrected chi connectivity index (χ0v) is 16.5. The van der Waals surface area contributed by atoms with E-state index in [0.29, 0.717) is 36.1 Å². The first kappa shape index (κ1) is 20.0. The number of ether oxygens (including phenoxy) is 2. The zero-order valence-electron chi connectivity index (χ0n) is 16.5. The predicted molar refractivity (Wildman–Crippen MR) is 111 cm³/mol. The Morgan fingerprint density at radius 1 is 1.21 bits per heavy atom. The van der Waals surface area contributed by atoms with Gasteiger partial charge in [0, 0.05) is 37.6 Å². The van der Waals surface area contributed by atoms with Crippen molar-refractivity contribution in [2.24, 2.45) is 5.92 Å². The van der Waals surface area contributed by atoms with Crippen LogP contribution in [0.4, 0.5) is 11.4 Å². The number of hydrogen-bond acceptors (Lipinski definition) is 6. The molecule has 0 aliphatic carbocycles. The number of piperidine rings is 1. The van der Waals surface area contributed by atoms with Crippen LogP contribution in [0.1, 0.15) is 39.0 Å². The summed E-state index contributed by atoms with van der Waals surface area (Å²) >= 11 is 0. The maximum atomic E-state index is 11.8. The van der Waals surface area contributed by atoms with Gasteiger partial charge in [0.05, 0.1) is 12.3 Å². The summed E-state index contributed by atoms with van der Waals surface area (Å²) < 4.78 is 11.4. The number of benzene rings is 1. The van der Waals surface area contributed by atoms with E-state index in [1.54, 1.807) is 12.1 Å². The van der Waals surface area contributed by atoms with Crippen LogP contribution in [-0.2, 0) is 4.79 Å². The van der Waals surface area contributed by atoms with Crippen LogP contribution in [-0.4, -0.2) is 30.6 Å². The average molecular weight is 383 g/mol. The molecule has 1 saturated heterocycles. The Morgan fingerprint density at radius 2 is 1.96 bits per heavy atom. The number of carbonyl (C=O) groups is 1. The van der Waals surface area contributed by atoms with Crippen LogP contribution in [0.15, 0.2) is 42.7 Å². The summed E-state index contributed by atoms with van der Waals surface area (Å²) in [5, 5.41) is 0. The molecule has 150 valence electrons. The summed E-state index contributed by atoms with van der Waals surface area (Å²) in [5.41, 5.74) is 7.65. The molecule has 2 aromatic rings. The summed E-state index contributed by atoms with van der Waals surface area (Å²) in [4.78, 5) is 18.3. The molecule has 2 N–H and O–H groups in total. The van der Waals surface area contributed by atoms with Crippen molar-refractivity contribution in [3.63, 3.8) is 0 Å². The number of nitrogen functional groups attached to an aromatic ring is 1. The molecular formula is C22H29N3O3. The van der Waals surface area contributed by atoms with Gasteiger partial charge in [-0.15, -0.1) is 0 Å². The second-order valence-electron chi connectivity index (χ2n) is 7.17. The largest absolute Gasteiger partial charge is 0.490 e. The maximum absolute atomic E-state index is 11.8. The first-order valence-electron chi connectivity index (χ1n) is 10.0. The van der Waals surface area contributed by atoms with Crippen LogP contribution in [0.25, 0.3) is 0 Å². The summed E-state index contributed by atoms with van der Waals surface area (Å²) in [5.74, 6) is 1.23. The second-order valence-corrected chi connectivity index (χ2v) is 7.17. The second kappa shape index (κ2) is 9.97. The van der Waals surface area contributed by atoms with E-state index in [-0.39, 0.29) is 5.97 Å². The molecule has 1 aliphatic rings. The van der Waals surface area contributed by atoms with E-state index in [0.717, 1.165) is 38.8 Å². The average Bonchev–Trinajstić information content (AvgIpc) is 2.72. The molecule has 1 fully saturated rings. The van der Waals surface area contributed by atoms with E-state index in [9.17, 15) is 4.79 Å². The van der Waals surface area contributed by atoms with Crippen molar-refractivity contribution < 1.29 is 14.3 Å². The molecule has 0 saturated carbocycles. The Morgan fingerprint density at radius 3 is 2.68 bits per heavy atom. The van der Waals surface area contributed by atoms with Crippen LogP contribution >= 0.6 is 0 Å². The number of aromatic nitrogens is 1. The van der Waals surface area contributed by atoms with E-state index in [1.807, 2.05) is 25.4 Å². The van der Waals surface area contributed by atoms with Crippen molar-refractivity contribution in [1.82, 2.24) is 4.98 Å². The zero-order chi connectivity index (χ0) is 19.8. The Bertz CT molecular complexity index is 759. The SMILES string of the molecule is CCCC(=O)Oc1c(N)cccc1OCCC1CCN(c2ccncc2)CC1. The third-order valence-electron chi connectivity index (χ3n) is 5.11. The van der Waals surface area contributed by atoms with Gasteiger partial charge in [-0.1, -0.05) is 13.0 Å². The number of rotatable bonds is 8. The minimum absolute atomic E-state index is 0.284. The number of carbonyl (C=O) groups excluding carboxylic acids is 1. The molecule has 3 rings (SSSR count). The lowest BCUT2D eigenvalue weighted by molar-refractivity contribution is -0.134. The quantitative estimate of drug-likeness (QED) is 0.421. The lowest BCUT2D eigenvalue weighted by Crippen LogP contribution is -2.34. The third-order valence-corrected chi connectivity index (χ3v) is 5.11. The molecule has 6 nitrogen and oxygen atoms in total. The third kappa shape index (κ3) is 5.38. The van der Waals surface area contributed by atoms with Crippen molar-refractivity contribution in [3.05, 3.63) is 42.7 Å². The highest BCUT2D eigenvalue weighted by Crippen LogP contribution is 2.34. The lowest BCUT2D eigenvalue weighted by atomic mass is 9.93. The number of hydrogen-bond donors (Lipinski definition) is 1. The van der Waals surface area contributed by atoms with Crippen molar-refractivity contribution in [2.45, 2.75) is 39.0 Å². The number of para-hydroxylation sites is 1. The Labute approximate surface area is 166 Å². The molecule has 28 heavy (non-hydrogen) atoms. The molecule has 1 aliphatic heterocycles. The number of pyridine rings is 1. The van der Waals surface area contributed by atoms with Crippen LogP contribution in [0.5, 0.6) is 11.5 Å². The summed E-state index contributed by atoms with van der Waals surface area (Å²) in [7, 11) is 0. The standard InChI is InChI=1S/C22H29N3O3/c1-2-4-21(26)28-22-19(23)5-3-6-20(22)27-16-11-17-9-14-25(15-10-17)18-7-12-24-13-8-18/h3,5-8,12-13,17H,2,4,9-11,14-16,23H2,1H3. The van der Waals surface area contributed by atoms with Crippen molar-refractivity contribution in [1.29, 1.82) is 0 Å². The van der Waals surface area contributed by atoms with E-state index in [1.165, 1.54) is 5.69 Å². The van der Waals surface area contributed by atoms with Gasteiger partial charge >= 0.3 is 5.97 Å². The van der Waals surface area contributed by atoms with E-state index < -0.39 is 0 Å². The van der Waals surface area contributed by atoms with Gasteiger partial charge in [0.2, 0.25) is 0 Å². The Hall–Kier alpha value is -2.76. The molecule has 0 unspecified atom stereocenters. The number of anilines is 2. The topological polar surface area (TPSA) is 77.7 Å². The highest BCUT2D eigenvalue weighted by molar-refractivity contribution is 5.76. The van der Waals surface area contributed by atoms with Crippen LogP contribution < -0.4 is 20.1 Å². The molecule has 2 heterocycles. The van der Waals surface area contributed by atoms with Crippen molar-refractivity contribution in [3.8, 4) is 11.5 Å². The van der Waals surface area contributed by atoms with Gasteiger partial charge in [0.1, 0.15) is 0 Å². The summed E-state index contributed by atoms with van der Waals surface area (Å²) in [6.45, 7) is 4.62. The molecule has 0 amide bonds. The van der Waals surface area contributed by atoms with Crippen LogP contribution in [0.2, 0.25) is 0 Å². The van der Waals surface area contributed by atoms with Crippen LogP contribution in [0.3, 0.4) is 0 Å². The van der Waals surface area contributed by atoms with Crippen molar-refractivity contribution in [2.75, 3.05) is 30.3 Å². The molecule has 6 heteroatoms. The lowest BCUT2D eigenvalue weighted by Gasteiger charge is -2.33. The van der Waals surface area contributed by atoms with Gasteiger partial charge in [-0.25, -0.2) is 0 Å². The van der Waals surface area contributed by atoms with Gasteiger partial charge in [0.25, 0.3) is 0 Å². The van der Waals surface area contributed by atoms with Gasteiger partial charge in [-0.3, -0.25) is 9.78 Å². The molecular weight excluding hydrogens is 354 g/mol. The van der Waals surface area contributed by atoms with Crippen molar-refractivity contribution >= 4 is 17.3 Å². The molecule has 0 radical (unpaired) electrons.